The number of nitro groups is 1. The molecule has 0 bridgehead atoms. The number of non-ortho nitro benzene ring substituents is 1. The van der Waals surface area contributed by atoms with Crippen LogP contribution in [0.15, 0.2) is 42.5 Å². The van der Waals surface area contributed by atoms with Crippen LogP contribution in [0, 0.1) is 10.1 Å². The lowest BCUT2D eigenvalue weighted by Gasteiger charge is -2.17. The maximum atomic E-state index is 12.3. The average molecular weight is 405 g/mol. The zero-order chi connectivity index (χ0) is 20.7. The number of hydrogen-bond donors (Lipinski definition) is 2. The number of amides is 2. The molecule has 2 aromatic rings. The van der Waals surface area contributed by atoms with Crippen LogP contribution in [0.3, 0.4) is 0 Å². The number of hydrogen-bond acceptors (Lipinski definition) is 5. The Morgan fingerprint density at radius 2 is 1.96 bits per heavy atom. The Balaban J connectivity index is 1.98. The zero-order valence-corrected chi connectivity index (χ0v) is 16.3. The summed E-state index contributed by atoms with van der Waals surface area (Å²) in [4.78, 5) is 36.3. The predicted molar refractivity (Wildman–Crippen MR) is 108 cm³/mol. The minimum absolute atomic E-state index is 0.0460. The van der Waals surface area contributed by atoms with Crippen molar-refractivity contribution in [1.29, 1.82) is 0 Å². The molecule has 2 amide bonds. The van der Waals surface area contributed by atoms with Gasteiger partial charge >= 0.3 is 0 Å². The molecule has 148 valence electrons. The van der Waals surface area contributed by atoms with E-state index in [0.29, 0.717) is 28.4 Å². The van der Waals surface area contributed by atoms with Gasteiger partial charge in [-0.1, -0.05) is 17.7 Å². The van der Waals surface area contributed by atoms with Gasteiger partial charge in [0.2, 0.25) is 5.91 Å². The predicted octanol–water partition coefficient (Wildman–Crippen LogP) is 3.07. The molecule has 0 aliphatic carbocycles. The normalized spacial score (nSPS) is 10.6. The van der Waals surface area contributed by atoms with Gasteiger partial charge in [-0.2, -0.15) is 0 Å². The van der Waals surface area contributed by atoms with Crippen molar-refractivity contribution in [2.24, 2.45) is 0 Å². The molecule has 0 unspecified atom stereocenters. The highest BCUT2D eigenvalue weighted by Crippen LogP contribution is 2.23. The fourth-order valence-corrected chi connectivity index (χ4v) is 2.77. The number of anilines is 1. The molecular formula is C19H21ClN4O4. The summed E-state index contributed by atoms with van der Waals surface area (Å²) < 4.78 is 0. The smallest absolute Gasteiger partial charge is 0.269 e. The number of benzene rings is 2. The lowest BCUT2D eigenvalue weighted by atomic mass is 10.2. The van der Waals surface area contributed by atoms with Crippen LogP contribution in [-0.2, 0) is 11.3 Å². The molecule has 9 heteroatoms. The monoisotopic (exact) mass is 404 g/mol. The lowest BCUT2D eigenvalue weighted by molar-refractivity contribution is -0.384. The summed E-state index contributed by atoms with van der Waals surface area (Å²) >= 11 is 6.10. The van der Waals surface area contributed by atoms with E-state index in [1.165, 1.54) is 18.2 Å². The molecule has 0 aliphatic rings. The van der Waals surface area contributed by atoms with E-state index in [2.05, 4.69) is 10.6 Å². The minimum Gasteiger partial charge on any atom is -0.352 e. The summed E-state index contributed by atoms with van der Waals surface area (Å²) in [6.45, 7) is 2.66. The fourth-order valence-electron chi connectivity index (χ4n) is 2.59. The average Bonchev–Trinajstić information content (AvgIpc) is 2.63. The number of likely N-dealkylation sites (N-methyl/N-ethyl adjacent to an activating group) is 1. The second kappa shape index (κ2) is 9.82. The van der Waals surface area contributed by atoms with E-state index in [4.69, 9.17) is 11.6 Å². The molecule has 0 spiro atoms. The number of carbonyl (C=O) groups is 2. The number of nitro benzene ring substituents is 1. The molecule has 2 rings (SSSR count). The Bertz CT molecular complexity index is 888. The van der Waals surface area contributed by atoms with Crippen molar-refractivity contribution in [3.8, 4) is 0 Å². The van der Waals surface area contributed by atoms with Gasteiger partial charge in [-0.15, -0.1) is 0 Å². The lowest BCUT2D eigenvalue weighted by Crippen LogP contribution is -2.30. The van der Waals surface area contributed by atoms with Crippen molar-refractivity contribution in [2.45, 2.75) is 13.5 Å². The van der Waals surface area contributed by atoms with Crippen LogP contribution in [-0.4, -0.2) is 41.8 Å². The highest BCUT2D eigenvalue weighted by atomic mass is 35.5. The first-order chi connectivity index (χ1) is 13.3. The van der Waals surface area contributed by atoms with E-state index >= 15 is 0 Å². The Morgan fingerprint density at radius 1 is 1.21 bits per heavy atom. The van der Waals surface area contributed by atoms with Gasteiger partial charge in [0, 0.05) is 41.5 Å². The van der Waals surface area contributed by atoms with Crippen molar-refractivity contribution in [1.82, 2.24) is 10.2 Å². The maximum absolute atomic E-state index is 12.3. The van der Waals surface area contributed by atoms with Crippen LogP contribution in [0.4, 0.5) is 11.4 Å². The third-order valence-electron chi connectivity index (χ3n) is 3.84. The molecule has 0 saturated carbocycles. The Labute approximate surface area is 167 Å². The number of rotatable bonds is 8. The van der Waals surface area contributed by atoms with E-state index in [-0.39, 0.29) is 30.6 Å². The van der Waals surface area contributed by atoms with Gasteiger partial charge in [-0.05, 0) is 43.8 Å². The molecule has 8 nitrogen and oxygen atoms in total. The Hall–Kier alpha value is -2.97. The largest absolute Gasteiger partial charge is 0.352 e. The van der Waals surface area contributed by atoms with Crippen molar-refractivity contribution in [2.75, 3.05) is 25.5 Å². The topological polar surface area (TPSA) is 105 Å². The van der Waals surface area contributed by atoms with E-state index in [0.717, 1.165) is 0 Å². The number of nitrogens with zero attached hydrogens (tertiary/aromatic N) is 2. The molecule has 0 heterocycles. The molecule has 0 saturated heterocycles. The quantitative estimate of drug-likeness (QED) is 0.519. The molecule has 0 fully saturated rings. The molecule has 0 atom stereocenters. The third kappa shape index (κ3) is 6.04. The van der Waals surface area contributed by atoms with Crippen LogP contribution in [0.25, 0.3) is 0 Å². The number of nitrogens with one attached hydrogen (secondary N) is 2. The summed E-state index contributed by atoms with van der Waals surface area (Å²) in [6, 6.07) is 10.8. The van der Waals surface area contributed by atoms with Gasteiger partial charge in [0.1, 0.15) is 0 Å². The maximum Gasteiger partial charge on any atom is 0.269 e. The van der Waals surface area contributed by atoms with Crippen molar-refractivity contribution in [3.05, 3.63) is 68.7 Å². The fraction of sp³-hybridized carbons (Fsp3) is 0.263. The van der Waals surface area contributed by atoms with Crippen LogP contribution >= 0.6 is 11.6 Å². The van der Waals surface area contributed by atoms with E-state index in [1.807, 2.05) is 6.92 Å². The SMILES string of the molecule is CCNC(=O)c1cccc(NC(=O)CN(C)Cc2cc([N+](=O)[O-])ccc2Cl)c1. The third-order valence-corrected chi connectivity index (χ3v) is 4.21. The molecule has 2 N–H and O–H groups in total. The summed E-state index contributed by atoms with van der Waals surface area (Å²) in [5.41, 5.74) is 1.47. The van der Waals surface area contributed by atoms with E-state index in [1.54, 1.807) is 36.2 Å². The van der Waals surface area contributed by atoms with Crippen LogP contribution in [0.2, 0.25) is 5.02 Å². The Kier molecular flexibility index (Phi) is 7.48. The minimum atomic E-state index is -0.492. The number of halogens is 1. The molecule has 0 aromatic heterocycles. The molecule has 2 aromatic carbocycles. The highest BCUT2D eigenvalue weighted by Gasteiger charge is 2.14. The van der Waals surface area contributed by atoms with E-state index in [9.17, 15) is 19.7 Å². The van der Waals surface area contributed by atoms with Crippen molar-refractivity contribution >= 4 is 34.8 Å². The van der Waals surface area contributed by atoms with Gasteiger partial charge in [0.25, 0.3) is 11.6 Å². The summed E-state index contributed by atoms with van der Waals surface area (Å²) in [7, 11) is 1.71. The highest BCUT2D eigenvalue weighted by molar-refractivity contribution is 6.31. The zero-order valence-electron chi connectivity index (χ0n) is 15.6. The second-order valence-electron chi connectivity index (χ2n) is 6.19. The first-order valence-electron chi connectivity index (χ1n) is 8.59. The van der Waals surface area contributed by atoms with Gasteiger partial charge in [0.15, 0.2) is 0 Å². The van der Waals surface area contributed by atoms with Crippen LogP contribution < -0.4 is 10.6 Å². The summed E-state index contributed by atoms with van der Waals surface area (Å²) in [5.74, 6) is -0.492. The first-order valence-corrected chi connectivity index (χ1v) is 8.97. The van der Waals surface area contributed by atoms with Gasteiger partial charge in [0.05, 0.1) is 11.5 Å². The van der Waals surface area contributed by atoms with Crippen molar-refractivity contribution in [3.63, 3.8) is 0 Å². The summed E-state index contributed by atoms with van der Waals surface area (Å²) in [5, 5.41) is 16.7. The second-order valence-corrected chi connectivity index (χ2v) is 6.60. The van der Waals surface area contributed by atoms with Gasteiger partial charge in [-0.3, -0.25) is 24.6 Å². The molecule has 28 heavy (non-hydrogen) atoms. The Morgan fingerprint density at radius 3 is 2.64 bits per heavy atom. The van der Waals surface area contributed by atoms with Crippen LogP contribution in [0.5, 0.6) is 0 Å². The molecule has 0 aliphatic heterocycles. The molecular weight excluding hydrogens is 384 g/mol. The first kappa shape index (κ1) is 21.3. The summed E-state index contributed by atoms with van der Waals surface area (Å²) in [6.07, 6.45) is 0. The standard InChI is InChI=1S/C19H21ClN4O4/c1-3-21-19(26)13-5-4-6-15(9-13)22-18(25)12-23(2)11-14-10-16(24(27)28)7-8-17(14)20/h4-10H,3,11-12H2,1-2H3,(H,21,26)(H,22,25). The van der Waals surface area contributed by atoms with E-state index < -0.39 is 4.92 Å². The van der Waals surface area contributed by atoms with Crippen LogP contribution in [0.1, 0.15) is 22.8 Å². The molecule has 0 radical (unpaired) electrons. The van der Waals surface area contributed by atoms with Gasteiger partial charge in [-0.25, -0.2) is 0 Å². The van der Waals surface area contributed by atoms with Gasteiger partial charge < -0.3 is 10.6 Å². The number of carbonyl (C=O) groups excluding carboxylic acids is 2. The van der Waals surface area contributed by atoms with Crippen molar-refractivity contribution < 1.29 is 14.5 Å².